The van der Waals surface area contributed by atoms with E-state index in [0.717, 1.165) is 45.1 Å². The van der Waals surface area contributed by atoms with Gasteiger partial charge in [-0.25, -0.2) is 0 Å². The van der Waals surface area contributed by atoms with E-state index in [2.05, 4.69) is 20.8 Å². The number of halogens is 4. The SMILES string of the molecule is Cc1cc(C)c(NC(=O)CNC(=O)CSc2nnc3c(Cl)cc(C(F)(F)F)cn23)c(C)c1. The Labute approximate surface area is 190 Å². The molecule has 0 unspecified atom stereocenters. The van der Waals surface area contributed by atoms with E-state index in [1.807, 2.05) is 32.9 Å². The quantitative estimate of drug-likeness (QED) is 0.511. The average molecular weight is 486 g/mol. The third-order valence-corrected chi connectivity index (χ3v) is 5.70. The van der Waals surface area contributed by atoms with Gasteiger partial charge in [-0.1, -0.05) is 41.1 Å². The van der Waals surface area contributed by atoms with Crippen LogP contribution in [0.25, 0.3) is 5.65 Å². The molecule has 2 aromatic heterocycles. The minimum absolute atomic E-state index is 0.0470. The minimum Gasteiger partial charge on any atom is -0.346 e. The highest BCUT2D eigenvalue weighted by Crippen LogP contribution is 2.33. The van der Waals surface area contributed by atoms with Crippen LogP contribution in [0.2, 0.25) is 5.02 Å². The summed E-state index contributed by atoms with van der Waals surface area (Å²) in [6.45, 7) is 5.46. The summed E-state index contributed by atoms with van der Waals surface area (Å²) in [4.78, 5) is 24.3. The van der Waals surface area contributed by atoms with E-state index in [0.29, 0.717) is 5.69 Å². The lowest BCUT2D eigenvalue weighted by Gasteiger charge is -2.13. The summed E-state index contributed by atoms with van der Waals surface area (Å²) in [5.74, 6) is -1.06. The number of carbonyl (C=O) groups excluding carboxylic acids is 2. The molecule has 0 aliphatic heterocycles. The van der Waals surface area contributed by atoms with Gasteiger partial charge in [0.15, 0.2) is 10.8 Å². The third-order valence-electron chi connectivity index (χ3n) is 4.48. The van der Waals surface area contributed by atoms with Crippen LogP contribution in [0, 0.1) is 20.8 Å². The van der Waals surface area contributed by atoms with E-state index in [-0.39, 0.29) is 28.1 Å². The highest BCUT2D eigenvalue weighted by atomic mass is 35.5. The number of nitrogens with zero attached hydrogens (tertiary/aromatic N) is 3. The van der Waals surface area contributed by atoms with Gasteiger partial charge in [-0.15, -0.1) is 10.2 Å². The summed E-state index contributed by atoms with van der Waals surface area (Å²) < 4.78 is 40.2. The highest BCUT2D eigenvalue weighted by molar-refractivity contribution is 7.99. The Bertz CT molecular complexity index is 1170. The number of aromatic nitrogens is 3. The fraction of sp³-hybridized carbons (Fsp3) is 0.300. The van der Waals surface area contributed by atoms with Crippen LogP contribution in [0.15, 0.2) is 29.6 Å². The van der Waals surface area contributed by atoms with Gasteiger partial charge in [0.1, 0.15) is 0 Å². The number of benzene rings is 1. The van der Waals surface area contributed by atoms with E-state index in [1.165, 1.54) is 0 Å². The minimum atomic E-state index is -4.59. The molecule has 0 spiro atoms. The monoisotopic (exact) mass is 485 g/mol. The second-order valence-corrected chi connectivity index (χ2v) is 8.49. The molecular weight excluding hydrogens is 467 g/mol. The molecule has 7 nitrogen and oxygen atoms in total. The maximum Gasteiger partial charge on any atom is 0.417 e. The summed E-state index contributed by atoms with van der Waals surface area (Å²) in [6.07, 6.45) is -3.77. The number of alkyl halides is 3. The van der Waals surface area contributed by atoms with Crippen LogP contribution < -0.4 is 10.6 Å². The third kappa shape index (κ3) is 5.52. The molecule has 3 aromatic rings. The van der Waals surface area contributed by atoms with Gasteiger partial charge in [-0.2, -0.15) is 13.2 Å². The molecule has 3 rings (SSSR count). The van der Waals surface area contributed by atoms with Crippen molar-refractivity contribution in [3.63, 3.8) is 0 Å². The molecule has 170 valence electrons. The van der Waals surface area contributed by atoms with Crippen LogP contribution in [-0.4, -0.2) is 38.7 Å². The van der Waals surface area contributed by atoms with Gasteiger partial charge in [0.05, 0.1) is 22.9 Å². The largest absolute Gasteiger partial charge is 0.417 e. The topological polar surface area (TPSA) is 88.4 Å². The molecule has 0 aliphatic carbocycles. The fourth-order valence-corrected chi connectivity index (χ4v) is 4.09. The number of fused-ring (bicyclic) bond motifs is 1. The van der Waals surface area contributed by atoms with Crippen molar-refractivity contribution in [3.05, 3.63) is 51.7 Å². The second-order valence-electron chi connectivity index (χ2n) is 7.14. The normalized spacial score (nSPS) is 11.6. The van der Waals surface area contributed by atoms with Gasteiger partial charge < -0.3 is 10.6 Å². The van der Waals surface area contributed by atoms with Crippen molar-refractivity contribution in [2.24, 2.45) is 0 Å². The van der Waals surface area contributed by atoms with Gasteiger partial charge in [0.25, 0.3) is 0 Å². The number of pyridine rings is 1. The summed E-state index contributed by atoms with van der Waals surface area (Å²) in [5.41, 5.74) is 2.68. The van der Waals surface area contributed by atoms with Crippen LogP contribution in [-0.2, 0) is 15.8 Å². The molecule has 2 N–H and O–H groups in total. The Balaban J connectivity index is 1.59. The fourth-order valence-electron chi connectivity index (χ4n) is 3.11. The van der Waals surface area contributed by atoms with Crippen molar-refractivity contribution in [1.82, 2.24) is 19.9 Å². The number of anilines is 1. The Hall–Kier alpha value is -2.79. The molecule has 0 saturated heterocycles. The molecule has 2 heterocycles. The molecule has 0 fully saturated rings. The first kappa shape index (κ1) is 23.9. The van der Waals surface area contributed by atoms with Crippen LogP contribution >= 0.6 is 23.4 Å². The summed E-state index contributed by atoms with van der Waals surface area (Å²) in [6, 6.07) is 4.65. The van der Waals surface area contributed by atoms with E-state index in [4.69, 9.17) is 11.6 Å². The summed E-state index contributed by atoms with van der Waals surface area (Å²) >= 11 is 6.74. The van der Waals surface area contributed by atoms with Crippen LogP contribution in [0.4, 0.5) is 18.9 Å². The highest BCUT2D eigenvalue weighted by Gasteiger charge is 2.32. The molecule has 1 aromatic carbocycles. The predicted molar refractivity (Wildman–Crippen MR) is 116 cm³/mol. The maximum absolute atomic E-state index is 13.0. The lowest BCUT2D eigenvalue weighted by Crippen LogP contribution is -2.34. The molecule has 2 amide bonds. The van der Waals surface area contributed by atoms with Crippen LogP contribution in [0.1, 0.15) is 22.3 Å². The lowest BCUT2D eigenvalue weighted by molar-refractivity contribution is -0.137. The first-order valence-corrected chi connectivity index (χ1v) is 10.7. The number of hydrogen-bond donors (Lipinski definition) is 2. The zero-order valence-electron chi connectivity index (χ0n) is 17.3. The van der Waals surface area contributed by atoms with E-state index >= 15 is 0 Å². The summed E-state index contributed by atoms with van der Waals surface area (Å²) in [7, 11) is 0. The Morgan fingerprint density at radius 2 is 1.75 bits per heavy atom. The number of amides is 2. The van der Waals surface area contributed by atoms with Crippen LogP contribution in [0.3, 0.4) is 0 Å². The summed E-state index contributed by atoms with van der Waals surface area (Å²) in [5, 5.41) is 12.7. The van der Waals surface area contributed by atoms with Gasteiger partial charge >= 0.3 is 6.18 Å². The molecule has 12 heteroatoms. The van der Waals surface area contributed by atoms with Crippen LogP contribution in [0.5, 0.6) is 0 Å². The molecule has 0 saturated carbocycles. The van der Waals surface area contributed by atoms with Crippen molar-refractivity contribution < 1.29 is 22.8 Å². The molecule has 0 atom stereocenters. The van der Waals surface area contributed by atoms with E-state index < -0.39 is 23.6 Å². The number of hydrogen-bond acceptors (Lipinski definition) is 5. The zero-order valence-corrected chi connectivity index (χ0v) is 18.9. The van der Waals surface area contributed by atoms with Crippen molar-refractivity contribution in [2.45, 2.75) is 32.1 Å². The first-order valence-electron chi connectivity index (χ1n) is 9.34. The van der Waals surface area contributed by atoms with Crippen molar-refractivity contribution >= 4 is 46.5 Å². The Kier molecular flexibility index (Phi) is 6.99. The van der Waals surface area contributed by atoms with Gasteiger partial charge in [0.2, 0.25) is 11.8 Å². The number of nitrogens with one attached hydrogen (secondary N) is 2. The number of rotatable bonds is 6. The molecule has 0 radical (unpaired) electrons. The van der Waals surface area contributed by atoms with Crippen molar-refractivity contribution in [1.29, 1.82) is 0 Å². The van der Waals surface area contributed by atoms with E-state index in [9.17, 15) is 22.8 Å². The van der Waals surface area contributed by atoms with E-state index in [1.54, 1.807) is 0 Å². The first-order chi connectivity index (χ1) is 15.0. The smallest absolute Gasteiger partial charge is 0.346 e. The maximum atomic E-state index is 13.0. The number of aryl methyl sites for hydroxylation is 3. The standard InChI is InChI=1S/C20H19ClF3N5O2S/c1-10-4-11(2)17(12(3)5-10)26-15(30)7-25-16(31)9-32-19-28-27-18-14(21)6-13(8-29(18)19)20(22,23)24/h4-6,8H,7,9H2,1-3H3,(H,25,31)(H,26,30). The Morgan fingerprint density at radius 3 is 2.38 bits per heavy atom. The molecule has 0 aliphatic rings. The Morgan fingerprint density at radius 1 is 1.09 bits per heavy atom. The number of thioether (sulfide) groups is 1. The number of carbonyl (C=O) groups is 2. The zero-order chi connectivity index (χ0) is 23.6. The van der Waals surface area contributed by atoms with Gasteiger partial charge in [-0.05, 0) is 38.0 Å². The molecule has 0 bridgehead atoms. The molecular formula is C20H19ClF3N5O2S. The van der Waals surface area contributed by atoms with Crippen molar-refractivity contribution in [2.75, 3.05) is 17.6 Å². The van der Waals surface area contributed by atoms with Gasteiger partial charge in [-0.3, -0.25) is 14.0 Å². The lowest BCUT2D eigenvalue weighted by atomic mass is 10.1. The predicted octanol–water partition coefficient (Wildman–Crippen LogP) is 4.17. The molecule has 32 heavy (non-hydrogen) atoms. The van der Waals surface area contributed by atoms with Gasteiger partial charge in [0, 0.05) is 11.9 Å². The average Bonchev–Trinajstić information content (AvgIpc) is 3.10. The second kappa shape index (κ2) is 9.37. The van der Waals surface area contributed by atoms with Crippen molar-refractivity contribution in [3.8, 4) is 0 Å².